The van der Waals surface area contributed by atoms with Gasteiger partial charge in [0.15, 0.2) is 5.43 Å². The van der Waals surface area contributed by atoms with Gasteiger partial charge in [-0.15, -0.1) is 0 Å². The first kappa shape index (κ1) is 15.8. The minimum Gasteiger partial charge on any atom is -0.321 e. The molecule has 0 bridgehead atoms. The summed E-state index contributed by atoms with van der Waals surface area (Å²) in [6.45, 7) is 6.74. The Morgan fingerprint density at radius 3 is 2.76 bits per heavy atom. The highest BCUT2D eigenvalue weighted by atomic mass is 35.5. The minimum absolute atomic E-state index is 0.0709. The average Bonchev–Trinajstić information content (AvgIpc) is 2.46. The summed E-state index contributed by atoms with van der Waals surface area (Å²) in [6, 6.07) is 9.69. The van der Waals surface area contributed by atoms with Gasteiger partial charge in [0.1, 0.15) is 0 Å². The number of hydrogen-bond acceptors (Lipinski definition) is 2. The van der Waals surface area contributed by atoms with Crippen LogP contribution in [0, 0.1) is 6.92 Å². The fourth-order valence-electron chi connectivity index (χ4n) is 2.14. The Balaban J connectivity index is 2.36. The summed E-state index contributed by atoms with van der Waals surface area (Å²) in [7, 11) is 0. The molecule has 1 aromatic heterocycles. The van der Waals surface area contributed by atoms with Crippen molar-refractivity contribution in [3.05, 3.63) is 63.0 Å². The van der Waals surface area contributed by atoms with E-state index in [9.17, 15) is 4.79 Å². The number of nitrogens with one attached hydrogen (secondary N) is 1. The van der Waals surface area contributed by atoms with Crippen molar-refractivity contribution in [1.29, 1.82) is 0 Å². The molecule has 0 fully saturated rings. The Morgan fingerprint density at radius 2 is 2.10 bits per heavy atom. The largest absolute Gasteiger partial charge is 0.321 e. The van der Waals surface area contributed by atoms with E-state index in [1.54, 1.807) is 6.07 Å². The van der Waals surface area contributed by atoms with E-state index in [1.807, 2.05) is 42.0 Å². The van der Waals surface area contributed by atoms with Crippen LogP contribution in [0.2, 0.25) is 5.02 Å². The zero-order valence-electron chi connectivity index (χ0n) is 12.7. The van der Waals surface area contributed by atoms with Gasteiger partial charge in [0.25, 0.3) is 0 Å². The Bertz CT molecular complexity index is 679. The van der Waals surface area contributed by atoms with Crippen LogP contribution in [0.4, 0.5) is 0 Å². The number of benzene rings is 1. The molecular weight excluding hydrogens is 284 g/mol. The van der Waals surface area contributed by atoms with Gasteiger partial charge in [0.05, 0.1) is 0 Å². The predicted octanol–water partition coefficient (Wildman–Crippen LogP) is 3.69. The summed E-state index contributed by atoms with van der Waals surface area (Å²) in [5.41, 5.74) is 2.70. The van der Waals surface area contributed by atoms with Gasteiger partial charge in [-0.05, 0) is 38.5 Å². The standard InChI is InChI=1S/C17H21ClN2O/c1-4-12(2)19-10-14-11-20(13(3)8-17(14)21)16-7-5-6-15(18)9-16/h5-9,11-12,19H,4,10H2,1-3H3. The Labute approximate surface area is 130 Å². The third-order valence-corrected chi connectivity index (χ3v) is 3.90. The van der Waals surface area contributed by atoms with Gasteiger partial charge >= 0.3 is 0 Å². The van der Waals surface area contributed by atoms with E-state index in [4.69, 9.17) is 11.6 Å². The van der Waals surface area contributed by atoms with E-state index in [2.05, 4.69) is 19.2 Å². The second-order valence-corrected chi connectivity index (χ2v) is 5.78. The van der Waals surface area contributed by atoms with E-state index in [1.165, 1.54) is 0 Å². The number of hydrogen-bond donors (Lipinski definition) is 1. The number of aryl methyl sites for hydroxylation is 1. The van der Waals surface area contributed by atoms with E-state index in [-0.39, 0.29) is 5.43 Å². The smallest absolute Gasteiger partial charge is 0.186 e. The zero-order chi connectivity index (χ0) is 15.4. The van der Waals surface area contributed by atoms with E-state index in [0.29, 0.717) is 17.6 Å². The maximum atomic E-state index is 12.1. The molecule has 2 aromatic rings. The molecule has 1 atom stereocenters. The van der Waals surface area contributed by atoms with Crippen molar-refractivity contribution < 1.29 is 0 Å². The van der Waals surface area contributed by atoms with Gasteiger partial charge < -0.3 is 9.88 Å². The first-order valence-electron chi connectivity index (χ1n) is 7.22. The summed E-state index contributed by atoms with van der Waals surface area (Å²) in [5, 5.41) is 4.04. The lowest BCUT2D eigenvalue weighted by Gasteiger charge is -2.15. The molecule has 0 saturated heterocycles. The van der Waals surface area contributed by atoms with E-state index < -0.39 is 0 Å². The zero-order valence-corrected chi connectivity index (χ0v) is 13.4. The highest BCUT2D eigenvalue weighted by molar-refractivity contribution is 6.30. The molecule has 0 radical (unpaired) electrons. The van der Waals surface area contributed by atoms with Crippen LogP contribution in [0.3, 0.4) is 0 Å². The van der Waals surface area contributed by atoms with Gasteiger partial charge in [0.2, 0.25) is 0 Å². The minimum atomic E-state index is 0.0709. The number of halogens is 1. The van der Waals surface area contributed by atoms with Crippen molar-refractivity contribution >= 4 is 11.6 Å². The Morgan fingerprint density at radius 1 is 1.33 bits per heavy atom. The van der Waals surface area contributed by atoms with E-state index >= 15 is 0 Å². The summed E-state index contributed by atoms with van der Waals surface area (Å²) >= 11 is 6.05. The van der Waals surface area contributed by atoms with Gasteiger partial charge in [0, 0.05) is 46.8 Å². The van der Waals surface area contributed by atoms with Gasteiger partial charge in [-0.25, -0.2) is 0 Å². The van der Waals surface area contributed by atoms with Crippen molar-refractivity contribution in [1.82, 2.24) is 9.88 Å². The van der Waals surface area contributed by atoms with Gasteiger partial charge in [-0.3, -0.25) is 4.79 Å². The molecule has 112 valence electrons. The quantitative estimate of drug-likeness (QED) is 0.914. The molecule has 1 aromatic carbocycles. The number of nitrogens with zero attached hydrogens (tertiary/aromatic N) is 1. The van der Waals surface area contributed by atoms with Gasteiger partial charge in [-0.1, -0.05) is 24.6 Å². The summed E-state index contributed by atoms with van der Waals surface area (Å²) in [4.78, 5) is 12.1. The average molecular weight is 305 g/mol. The molecule has 1 N–H and O–H groups in total. The Kier molecular flexibility index (Phi) is 5.21. The van der Waals surface area contributed by atoms with Crippen molar-refractivity contribution in [2.24, 2.45) is 0 Å². The lowest BCUT2D eigenvalue weighted by Crippen LogP contribution is -2.28. The third-order valence-electron chi connectivity index (χ3n) is 3.66. The lowest BCUT2D eigenvalue weighted by atomic mass is 10.2. The molecule has 0 saturated carbocycles. The van der Waals surface area contributed by atoms with Crippen LogP contribution >= 0.6 is 11.6 Å². The fourth-order valence-corrected chi connectivity index (χ4v) is 2.32. The molecule has 2 rings (SSSR count). The third kappa shape index (κ3) is 3.96. The molecular formula is C17H21ClN2O. The fraction of sp³-hybridized carbons (Fsp3) is 0.353. The maximum Gasteiger partial charge on any atom is 0.186 e. The molecule has 0 aliphatic heterocycles. The van der Waals surface area contributed by atoms with Crippen molar-refractivity contribution in [2.75, 3.05) is 0 Å². The number of aromatic nitrogens is 1. The molecule has 0 amide bonds. The maximum absolute atomic E-state index is 12.1. The predicted molar refractivity (Wildman–Crippen MR) is 88.4 cm³/mol. The SMILES string of the molecule is CCC(C)NCc1cn(-c2cccc(Cl)c2)c(C)cc1=O. The molecule has 3 nitrogen and oxygen atoms in total. The molecule has 1 unspecified atom stereocenters. The highest BCUT2D eigenvalue weighted by Crippen LogP contribution is 2.16. The molecule has 0 aliphatic carbocycles. The summed E-state index contributed by atoms with van der Waals surface area (Å²) < 4.78 is 2.00. The summed E-state index contributed by atoms with van der Waals surface area (Å²) in [5.74, 6) is 0. The van der Waals surface area contributed by atoms with Crippen LogP contribution in [0.25, 0.3) is 5.69 Å². The topological polar surface area (TPSA) is 34.0 Å². The molecule has 1 heterocycles. The normalized spacial score (nSPS) is 12.4. The van der Waals surface area contributed by atoms with Crippen molar-refractivity contribution in [3.8, 4) is 5.69 Å². The molecule has 0 aliphatic rings. The lowest BCUT2D eigenvalue weighted by molar-refractivity contribution is 0.532. The van der Waals surface area contributed by atoms with Crippen LogP contribution < -0.4 is 10.7 Å². The van der Waals surface area contributed by atoms with Crippen LogP contribution in [0.1, 0.15) is 31.5 Å². The van der Waals surface area contributed by atoms with Crippen molar-refractivity contribution in [3.63, 3.8) is 0 Å². The monoisotopic (exact) mass is 304 g/mol. The number of rotatable bonds is 5. The van der Waals surface area contributed by atoms with Crippen LogP contribution in [0.5, 0.6) is 0 Å². The second-order valence-electron chi connectivity index (χ2n) is 5.34. The van der Waals surface area contributed by atoms with Crippen molar-refractivity contribution in [2.45, 2.75) is 39.8 Å². The van der Waals surface area contributed by atoms with Crippen LogP contribution in [-0.4, -0.2) is 10.6 Å². The van der Waals surface area contributed by atoms with Gasteiger partial charge in [-0.2, -0.15) is 0 Å². The van der Waals surface area contributed by atoms with Crippen LogP contribution in [0.15, 0.2) is 41.3 Å². The van der Waals surface area contributed by atoms with E-state index in [0.717, 1.165) is 23.4 Å². The molecule has 4 heteroatoms. The first-order valence-corrected chi connectivity index (χ1v) is 7.60. The second kappa shape index (κ2) is 6.92. The highest BCUT2D eigenvalue weighted by Gasteiger charge is 2.07. The summed E-state index contributed by atoms with van der Waals surface area (Å²) in [6.07, 6.45) is 2.94. The van der Waals surface area contributed by atoms with Crippen LogP contribution in [-0.2, 0) is 6.54 Å². The molecule has 21 heavy (non-hydrogen) atoms. The molecule has 0 spiro atoms. The first-order chi connectivity index (χ1) is 10.0. The Hall–Kier alpha value is -1.58. The number of pyridine rings is 1.